The van der Waals surface area contributed by atoms with Crippen molar-refractivity contribution in [1.82, 2.24) is 15.1 Å². The van der Waals surface area contributed by atoms with E-state index in [0.717, 1.165) is 25.2 Å². The third kappa shape index (κ3) is 4.11. The van der Waals surface area contributed by atoms with Crippen molar-refractivity contribution in [3.05, 3.63) is 71.6 Å². The summed E-state index contributed by atoms with van der Waals surface area (Å²) in [5.41, 5.74) is 3.84. The van der Waals surface area contributed by atoms with Crippen LogP contribution in [0.2, 0.25) is 0 Å². The first-order chi connectivity index (χ1) is 13.0. The molecule has 140 valence electrons. The van der Waals surface area contributed by atoms with E-state index in [9.17, 15) is 0 Å². The summed E-state index contributed by atoms with van der Waals surface area (Å²) >= 11 is 0. The number of benzene rings is 2. The van der Waals surface area contributed by atoms with Crippen LogP contribution in [0, 0.1) is 0 Å². The molecule has 0 N–H and O–H groups in total. The monoisotopic (exact) mass is 361 g/mol. The molecule has 1 aliphatic heterocycles. The predicted molar refractivity (Wildman–Crippen MR) is 108 cm³/mol. The van der Waals surface area contributed by atoms with Crippen LogP contribution in [0.3, 0.4) is 0 Å². The number of hydrogen-bond acceptors (Lipinski definition) is 4. The Hall–Kier alpha value is -2.46. The second-order valence-corrected chi connectivity index (χ2v) is 8.46. The van der Waals surface area contributed by atoms with Gasteiger partial charge in [0.1, 0.15) is 0 Å². The second-order valence-electron chi connectivity index (χ2n) is 8.46. The van der Waals surface area contributed by atoms with Gasteiger partial charge in [0.15, 0.2) is 0 Å². The maximum atomic E-state index is 5.93. The molecular formula is C23H27N3O. The summed E-state index contributed by atoms with van der Waals surface area (Å²) in [4.78, 5) is 2.40. The molecule has 1 unspecified atom stereocenters. The average Bonchev–Trinajstić information content (AvgIpc) is 3.32. The van der Waals surface area contributed by atoms with Crippen LogP contribution in [0.25, 0.3) is 11.5 Å². The maximum absolute atomic E-state index is 5.93. The van der Waals surface area contributed by atoms with Crippen molar-refractivity contribution in [3.63, 3.8) is 0 Å². The first-order valence-electron chi connectivity index (χ1n) is 9.69. The summed E-state index contributed by atoms with van der Waals surface area (Å²) in [6.45, 7) is 9.47. The fourth-order valence-corrected chi connectivity index (χ4v) is 3.71. The lowest BCUT2D eigenvalue weighted by atomic mass is 9.87. The van der Waals surface area contributed by atoms with Gasteiger partial charge in [-0.15, -0.1) is 10.2 Å². The molecule has 2 heterocycles. The van der Waals surface area contributed by atoms with Gasteiger partial charge < -0.3 is 4.42 Å². The fraction of sp³-hybridized carbons (Fsp3) is 0.391. The van der Waals surface area contributed by atoms with Crippen molar-refractivity contribution >= 4 is 0 Å². The number of aromatic nitrogens is 2. The first kappa shape index (κ1) is 17.9. The van der Waals surface area contributed by atoms with E-state index in [1.165, 1.54) is 17.5 Å². The van der Waals surface area contributed by atoms with Gasteiger partial charge >= 0.3 is 0 Å². The first-order valence-corrected chi connectivity index (χ1v) is 9.69. The van der Waals surface area contributed by atoms with Crippen molar-refractivity contribution in [2.45, 2.75) is 45.1 Å². The minimum Gasteiger partial charge on any atom is -0.419 e. The lowest BCUT2D eigenvalue weighted by molar-refractivity contribution is 0.289. The van der Waals surface area contributed by atoms with Gasteiger partial charge in [-0.3, -0.25) is 4.90 Å². The average molecular weight is 361 g/mol. The van der Waals surface area contributed by atoms with E-state index in [0.29, 0.717) is 17.7 Å². The van der Waals surface area contributed by atoms with E-state index >= 15 is 0 Å². The van der Waals surface area contributed by atoms with Gasteiger partial charge in [0.05, 0.1) is 6.54 Å². The molecule has 4 heteroatoms. The molecule has 0 bridgehead atoms. The van der Waals surface area contributed by atoms with Crippen LogP contribution >= 0.6 is 0 Å². The van der Waals surface area contributed by atoms with Crippen LogP contribution in [-0.2, 0) is 12.0 Å². The molecule has 0 amide bonds. The van der Waals surface area contributed by atoms with Gasteiger partial charge in [-0.2, -0.15) is 0 Å². The number of rotatable bonds is 4. The van der Waals surface area contributed by atoms with Crippen LogP contribution in [0.5, 0.6) is 0 Å². The van der Waals surface area contributed by atoms with Crippen molar-refractivity contribution in [2.24, 2.45) is 0 Å². The highest BCUT2D eigenvalue weighted by Gasteiger charge is 2.25. The molecule has 4 nitrogen and oxygen atoms in total. The van der Waals surface area contributed by atoms with E-state index in [4.69, 9.17) is 4.42 Å². The Kier molecular flexibility index (Phi) is 4.83. The van der Waals surface area contributed by atoms with Crippen LogP contribution in [0.1, 0.15) is 50.1 Å². The zero-order valence-corrected chi connectivity index (χ0v) is 16.4. The van der Waals surface area contributed by atoms with Crippen molar-refractivity contribution in [1.29, 1.82) is 0 Å². The van der Waals surface area contributed by atoms with E-state index in [1.807, 2.05) is 0 Å². The summed E-state index contributed by atoms with van der Waals surface area (Å²) in [6, 6.07) is 19.2. The molecule has 1 fully saturated rings. The Bertz CT molecular complexity index is 878. The molecule has 3 aromatic rings. The topological polar surface area (TPSA) is 42.2 Å². The van der Waals surface area contributed by atoms with Gasteiger partial charge in [0.2, 0.25) is 11.8 Å². The molecule has 1 atom stereocenters. The van der Waals surface area contributed by atoms with E-state index < -0.39 is 0 Å². The summed E-state index contributed by atoms with van der Waals surface area (Å²) in [5.74, 6) is 1.89. The summed E-state index contributed by atoms with van der Waals surface area (Å²) < 4.78 is 5.93. The van der Waals surface area contributed by atoms with Crippen LogP contribution in [0.15, 0.2) is 59.0 Å². The molecule has 0 spiro atoms. The molecule has 2 aromatic carbocycles. The Labute approximate surface area is 161 Å². The third-order valence-corrected chi connectivity index (χ3v) is 5.37. The van der Waals surface area contributed by atoms with Crippen molar-refractivity contribution in [3.8, 4) is 11.5 Å². The minimum atomic E-state index is 0.142. The number of hydrogen-bond donors (Lipinski definition) is 0. The highest BCUT2D eigenvalue weighted by Crippen LogP contribution is 2.29. The Morgan fingerprint density at radius 3 is 2.44 bits per heavy atom. The SMILES string of the molecule is CC(C)(C)c1ccc(-c2nnc(CN3CCC(c4ccccc4)C3)o2)cc1. The second kappa shape index (κ2) is 7.28. The van der Waals surface area contributed by atoms with Gasteiger partial charge in [-0.05, 0) is 47.6 Å². The molecule has 4 rings (SSSR count). The molecule has 27 heavy (non-hydrogen) atoms. The zero-order valence-electron chi connectivity index (χ0n) is 16.4. The fourth-order valence-electron chi connectivity index (χ4n) is 3.71. The Morgan fingerprint density at radius 1 is 1.00 bits per heavy atom. The van der Waals surface area contributed by atoms with Crippen LogP contribution < -0.4 is 0 Å². The van der Waals surface area contributed by atoms with Gasteiger partial charge in [-0.25, -0.2) is 0 Å². The highest BCUT2D eigenvalue weighted by atomic mass is 16.4. The molecule has 0 saturated carbocycles. The molecule has 0 radical (unpaired) electrons. The minimum absolute atomic E-state index is 0.142. The molecule has 1 aliphatic rings. The Morgan fingerprint density at radius 2 is 1.74 bits per heavy atom. The quantitative estimate of drug-likeness (QED) is 0.654. The largest absolute Gasteiger partial charge is 0.419 e. The standard InChI is InChI=1S/C23H27N3O/c1-23(2,3)20-11-9-18(10-12-20)22-25-24-21(27-22)16-26-14-13-19(15-26)17-7-5-4-6-8-17/h4-12,19H,13-16H2,1-3H3. The van der Waals surface area contributed by atoms with Gasteiger partial charge in [0, 0.05) is 12.1 Å². The lowest BCUT2D eigenvalue weighted by Crippen LogP contribution is -2.19. The molecule has 0 aliphatic carbocycles. The molecule has 1 aromatic heterocycles. The summed E-state index contributed by atoms with van der Waals surface area (Å²) in [6.07, 6.45) is 1.18. The van der Waals surface area contributed by atoms with Gasteiger partial charge in [0.25, 0.3) is 0 Å². The highest BCUT2D eigenvalue weighted by molar-refractivity contribution is 5.53. The smallest absolute Gasteiger partial charge is 0.247 e. The summed E-state index contributed by atoms with van der Waals surface area (Å²) in [7, 11) is 0. The lowest BCUT2D eigenvalue weighted by Gasteiger charge is -2.18. The molecule has 1 saturated heterocycles. The van der Waals surface area contributed by atoms with Gasteiger partial charge in [-0.1, -0.05) is 63.2 Å². The maximum Gasteiger partial charge on any atom is 0.247 e. The van der Waals surface area contributed by atoms with E-state index in [-0.39, 0.29) is 5.41 Å². The normalized spacial score (nSPS) is 18.1. The number of nitrogens with zero attached hydrogens (tertiary/aromatic N) is 3. The number of likely N-dealkylation sites (tertiary alicyclic amines) is 1. The van der Waals surface area contributed by atoms with E-state index in [2.05, 4.69) is 90.5 Å². The van der Waals surface area contributed by atoms with Crippen molar-refractivity contribution < 1.29 is 4.42 Å². The zero-order chi connectivity index (χ0) is 18.9. The van der Waals surface area contributed by atoms with E-state index in [1.54, 1.807) is 0 Å². The summed E-state index contributed by atoms with van der Waals surface area (Å²) in [5, 5.41) is 8.52. The van der Waals surface area contributed by atoms with Crippen LogP contribution in [0.4, 0.5) is 0 Å². The van der Waals surface area contributed by atoms with Crippen molar-refractivity contribution in [2.75, 3.05) is 13.1 Å². The van der Waals surface area contributed by atoms with Crippen LogP contribution in [-0.4, -0.2) is 28.2 Å². The predicted octanol–water partition coefficient (Wildman–Crippen LogP) is 5.02. The third-order valence-electron chi connectivity index (χ3n) is 5.37. The molecular weight excluding hydrogens is 334 g/mol. The Balaban J connectivity index is 1.40.